The van der Waals surface area contributed by atoms with Crippen LogP contribution in [0.3, 0.4) is 0 Å². The highest BCUT2D eigenvalue weighted by atomic mass is 16.5. The minimum Gasteiger partial charge on any atom is -0.461 e. The van der Waals surface area contributed by atoms with E-state index < -0.39 is 11.9 Å². The van der Waals surface area contributed by atoms with Crippen molar-refractivity contribution in [3.05, 3.63) is 66.1 Å². The summed E-state index contributed by atoms with van der Waals surface area (Å²) in [6, 6.07) is 11.0. The number of ether oxygens (including phenoxy) is 2. The Bertz CT molecular complexity index is 976. The van der Waals surface area contributed by atoms with Crippen LogP contribution in [0.15, 0.2) is 55.0 Å². The lowest BCUT2D eigenvalue weighted by Crippen LogP contribution is -2.09. The topological polar surface area (TPSA) is 91.3 Å². The smallest absolute Gasteiger partial charge is 0.302 e. The maximum atomic E-state index is 11.4. The predicted molar refractivity (Wildman–Crippen MR) is 102 cm³/mol. The predicted octanol–water partition coefficient (Wildman–Crippen LogP) is 3.33. The third-order valence-electron chi connectivity index (χ3n) is 3.95. The molecule has 3 aromatic heterocycles. The third kappa shape index (κ3) is 4.56. The fourth-order valence-corrected chi connectivity index (χ4v) is 2.71. The molecule has 3 rings (SSSR count). The van der Waals surface area contributed by atoms with Crippen LogP contribution in [0.2, 0.25) is 0 Å². The average molecular weight is 377 g/mol. The Balaban J connectivity index is 2.22. The number of pyridine rings is 3. The molecule has 0 fully saturated rings. The first kappa shape index (κ1) is 19.2. The molecule has 0 saturated heterocycles. The van der Waals surface area contributed by atoms with E-state index in [1.807, 2.05) is 36.4 Å². The molecule has 7 heteroatoms. The molecule has 0 aliphatic heterocycles. The van der Waals surface area contributed by atoms with Crippen molar-refractivity contribution >= 4 is 11.9 Å². The van der Waals surface area contributed by atoms with E-state index in [0.29, 0.717) is 33.8 Å². The molecule has 3 aromatic rings. The molecule has 28 heavy (non-hydrogen) atoms. The first-order valence-corrected chi connectivity index (χ1v) is 8.66. The molecular formula is C21H19N3O4. The molecule has 0 spiro atoms. The number of hydrogen-bond donors (Lipinski definition) is 0. The zero-order valence-corrected chi connectivity index (χ0v) is 15.6. The molecule has 3 heterocycles. The van der Waals surface area contributed by atoms with Gasteiger partial charge in [0, 0.05) is 49.1 Å². The fraction of sp³-hybridized carbons (Fsp3) is 0.190. The van der Waals surface area contributed by atoms with E-state index in [2.05, 4.69) is 15.0 Å². The highest BCUT2D eigenvalue weighted by Gasteiger charge is 2.20. The summed E-state index contributed by atoms with van der Waals surface area (Å²) in [7, 11) is 0. The first-order chi connectivity index (χ1) is 13.6. The second-order valence-electron chi connectivity index (χ2n) is 5.98. The summed E-state index contributed by atoms with van der Waals surface area (Å²) in [5.74, 6) is -0.826. The van der Waals surface area contributed by atoms with E-state index in [1.54, 1.807) is 18.6 Å². The second-order valence-corrected chi connectivity index (χ2v) is 5.98. The number of rotatable bonds is 6. The molecule has 0 radical (unpaired) electrons. The number of carbonyl (C=O) groups excluding carboxylic acids is 2. The van der Waals surface area contributed by atoms with Gasteiger partial charge in [0.05, 0.1) is 17.1 Å². The Kier molecular flexibility index (Phi) is 6.06. The van der Waals surface area contributed by atoms with E-state index in [4.69, 9.17) is 9.47 Å². The summed E-state index contributed by atoms with van der Waals surface area (Å²) < 4.78 is 10.4. The number of hydrogen-bond acceptors (Lipinski definition) is 7. The van der Waals surface area contributed by atoms with Gasteiger partial charge in [0.25, 0.3) is 0 Å². The summed E-state index contributed by atoms with van der Waals surface area (Å²) in [4.78, 5) is 36.1. The Morgan fingerprint density at radius 1 is 0.821 bits per heavy atom. The van der Waals surface area contributed by atoms with Crippen LogP contribution in [0, 0.1) is 0 Å². The summed E-state index contributed by atoms with van der Waals surface area (Å²) in [5.41, 5.74) is 3.91. The van der Waals surface area contributed by atoms with E-state index in [-0.39, 0.29) is 13.2 Å². The first-order valence-electron chi connectivity index (χ1n) is 8.66. The van der Waals surface area contributed by atoms with E-state index >= 15 is 0 Å². The summed E-state index contributed by atoms with van der Waals surface area (Å²) in [6.07, 6.45) is 4.96. The third-order valence-corrected chi connectivity index (χ3v) is 3.95. The Morgan fingerprint density at radius 3 is 2.00 bits per heavy atom. The number of nitrogens with zero attached hydrogens (tertiary/aromatic N) is 3. The van der Waals surface area contributed by atoms with Crippen LogP contribution < -0.4 is 0 Å². The van der Waals surface area contributed by atoms with Crippen molar-refractivity contribution in [1.29, 1.82) is 0 Å². The van der Waals surface area contributed by atoms with Crippen molar-refractivity contribution in [2.24, 2.45) is 0 Å². The molecule has 142 valence electrons. The van der Waals surface area contributed by atoms with Crippen LogP contribution in [0.1, 0.15) is 25.0 Å². The molecular weight excluding hydrogens is 358 g/mol. The number of esters is 2. The second kappa shape index (κ2) is 8.85. The summed E-state index contributed by atoms with van der Waals surface area (Å²) >= 11 is 0. The van der Waals surface area contributed by atoms with Crippen molar-refractivity contribution in [3.8, 4) is 22.6 Å². The summed E-state index contributed by atoms with van der Waals surface area (Å²) in [5, 5.41) is 0. The molecule has 0 bridgehead atoms. The largest absolute Gasteiger partial charge is 0.461 e. The van der Waals surface area contributed by atoms with Gasteiger partial charge in [-0.15, -0.1) is 0 Å². The van der Waals surface area contributed by atoms with Crippen molar-refractivity contribution in [1.82, 2.24) is 15.0 Å². The molecule has 0 N–H and O–H groups in total. The number of carbonyl (C=O) groups is 2. The van der Waals surface area contributed by atoms with Crippen molar-refractivity contribution in [3.63, 3.8) is 0 Å². The zero-order chi connectivity index (χ0) is 19.9. The van der Waals surface area contributed by atoms with Crippen LogP contribution >= 0.6 is 0 Å². The average Bonchev–Trinajstić information content (AvgIpc) is 2.71. The molecule has 0 aromatic carbocycles. The minimum absolute atomic E-state index is 0.000191. The van der Waals surface area contributed by atoms with Crippen molar-refractivity contribution < 1.29 is 19.1 Å². The fourth-order valence-electron chi connectivity index (χ4n) is 2.71. The van der Waals surface area contributed by atoms with Gasteiger partial charge in [0.1, 0.15) is 13.2 Å². The highest BCUT2D eigenvalue weighted by Crippen LogP contribution is 2.34. The normalized spacial score (nSPS) is 10.4. The maximum Gasteiger partial charge on any atom is 0.302 e. The molecule has 0 atom stereocenters. The zero-order valence-electron chi connectivity index (χ0n) is 15.6. The van der Waals surface area contributed by atoms with Gasteiger partial charge in [-0.3, -0.25) is 24.5 Å². The monoisotopic (exact) mass is 377 g/mol. The van der Waals surface area contributed by atoms with Crippen LogP contribution in [-0.4, -0.2) is 26.9 Å². The molecule has 0 aliphatic rings. The SMILES string of the molecule is CC(=O)OCc1cnc(-c2ccccn2)c(-c2ccccn2)c1COC(C)=O. The Morgan fingerprint density at radius 2 is 1.43 bits per heavy atom. The lowest BCUT2D eigenvalue weighted by molar-refractivity contribution is -0.143. The summed E-state index contributed by atoms with van der Waals surface area (Å²) in [6.45, 7) is 2.69. The van der Waals surface area contributed by atoms with Gasteiger partial charge in [0.2, 0.25) is 0 Å². The van der Waals surface area contributed by atoms with Gasteiger partial charge in [-0.05, 0) is 24.3 Å². The number of aromatic nitrogens is 3. The molecule has 0 amide bonds. The van der Waals surface area contributed by atoms with E-state index in [0.717, 1.165) is 0 Å². The lowest BCUT2D eigenvalue weighted by atomic mass is 9.97. The van der Waals surface area contributed by atoms with Crippen LogP contribution in [0.25, 0.3) is 22.6 Å². The molecule has 0 saturated carbocycles. The van der Waals surface area contributed by atoms with Gasteiger partial charge in [-0.1, -0.05) is 12.1 Å². The molecule has 0 aliphatic carbocycles. The Hall–Kier alpha value is -3.61. The van der Waals surface area contributed by atoms with Gasteiger partial charge < -0.3 is 9.47 Å². The van der Waals surface area contributed by atoms with Crippen LogP contribution in [0.5, 0.6) is 0 Å². The van der Waals surface area contributed by atoms with Crippen LogP contribution in [-0.2, 0) is 32.3 Å². The lowest BCUT2D eigenvalue weighted by Gasteiger charge is -2.17. The van der Waals surface area contributed by atoms with Gasteiger partial charge >= 0.3 is 11.9 Å². The van der Waals surface area contributed by atoms with Crippen molar-refractivity contribution in [2.75, 3.05) is 0 Å². The van der Waals surface area contributed by atoms with E-state index in [1.165, 1.54) is 13.8 Å². The minimum atomic E-state index is -0.415. The standard InChI is InChI=1S/C21H19N3O4/c1-14(25)27-12-16-11-24-21(19-8-4-6-10-23-19)20(17(16)13-28-15(2)26)18-7-3-5-9-22-18/h3-11H,12-13H2,1-2H3. The molecule has 0 unspecified atom stereocenters. The van der Waals surface area contributed by atoms with E-state index in [9.17, 15) is 9.59 Å². The van der Waals surface area contributed by atoms with Gasteiger partial charge in [-0.2, -0.15) is 0 Å². The van der Waals surface area contributed by atoms with Crippen LogP contribution in [0.4, 0.5) is 0 Å². The quantitative estimate of drug-likeness (QED) is 0.609. The highest BCUT2D eigenvalue weighted by molar-refractivity contribution is 5.81. The molecule has 7 nitrogen and oxygen atoms in total. The van der Waals surface area contributed by atoms with Gasteiger partial charge in [-0.25, -0.2) is 0 Å². The van der Waals surface area contributed by atoms with Gasteiger partial charge in [0.15, 0.2) is 0 Å². The Labute approximate surface area is 162 Å². The van der Waals surface area contributed by atoms with Crippen molar-refractivity contribution in [2.45, 2.75) is 27.1 Å². The maximum absolute atomic E-state index is 11.4.